The first kappa shape index (κ1) is 12.8. The van der Waals surface area contributed by atoms with Crippen LogP contribution >= 0.6 is 11.3 Å². The standard InChI is InChI=1S/C13H15N3OS/c1-4-5-10-15-12-11(8(2)9(3)18-12)13(17)16(10)7-6-14/h4-5,7H2,1-3H3. The molecule has 0 saturated carbocycles. The molecule has 2 heterocycles. The number of aryl methyl sites for hydroxylation is 3. The highest BCUT2D eigenvalue weighted by molar-refractivity contribution is 7.18. The first-order chi connectivity index (χ1) is 8.60. The summed E-state index contributed by atoms with van der Waals surface area (Å²) in [5, 5.41) is 9.52. The number of aromatic nitrogens is 2. The van der Waals surface area contributed by atoms with Gasteiger partial charge in [0.05, 0.1) is 11.5 Å². The lowest BCUT2D eigenvalue weighted by Gasteiger charge is -2.08. The van der Waals surface area contributed by atoms with Gasteiger partial charge in [-0.15, -0.1) is 11.3 Å². The van der Waals surface area contributed by atoms with Gasteiger partial charge in [-0.3, -0.25) is 9.36 Å². The minimum Gasteiger partial charge on any atom is -0.282 e. The molecule has 0 radical (unpaired) electrons. The molecule has 0 unspecified atom stereocenters. The molecule has 5 heteroatoms. The second-order valence-electron chi connectivity index (χ2n) is 4.29. The second kappa shape index (κ2) is 4.91. The number of hydrogen-bond acceptors (Lipinski definition) is 4. The van der Waals surface area contributed by atoms with Gasteiger partial charge < -0.3 is 0 Å². The Morgan fingerprint density at radius 3 is 2.78 bits per heavy atom. The van der Waals surface area contributed by atoms with Crippen LogP contribution in [-0.4, -0.2) is 9.55 Å². The van der Waals surface area contributed by atoms with Crippen LogP contribution in [0.3, 0.4) is 0 Å². The first-order valence-electron chi connectivity index (χ1n) is 5.96. The zero-order valence-corrected chi connectivity index (χ0v) is 11.6. The third-order valence-electron chi connectivity index (χ3n) is 3.07. The maximum absolute atomic E-state index is 12.4. The molecular weight excluding hydrogens is 246 g/mol. The quantitative estimate of drug-likeness (QED) is 0.853. The van der Waals surface area contributed by atoms with Crippen molar-refractivity contribution in [2.45, 2.75) is 40.2 Å². The van der Waals surface area contributed by atoms with Crippen molar-refractivity contribution in [3.63, 3.8) is 0 Å². The van der Waals surface area contributed by atoms with Crippen molar-refractivity contribution >= 4 is 21.6 Å². The van der Waals surface area contributed by atoms with Crippen LogP contribution in [0.1, 0.15) is 29.6 Å². The van der Waals surface area contributed by atoms with E-state index in [0.29, 0.717) is 5.39 Å². The van der Waals surface area contributed by atoms with Crippen LogP contribution in [0.2, 0.25) is 0 Å². The van der Waals surface area contributed by atoms with Gasteiger partial charge in [0.25, 0.3) is 5.56 Å². The third kappa shape index (κ3) is 1.93. The van der Waals surface area contributed by atoms with Gasteiger partial charge in [-0.2, -0.15) is 5.26 Å². The molecule has 0 aliphatic heterocycles. The smallest absolute Gasteiger partial charge is 0.263 e. The Morgan fingerprint density at radius 2 is 2.17 bits per heavy atom. The van der Waals surface area contributed by atoms with Gasteiger partial charge >= 0.3 is 0 Å². The molecule has 0 amide bonds. The van der Waals surface area contributed by atoms with Crippen molar-refractivity contribution in [2.75, 3.05) is 0 Å². The van der Waals surface area contributed by atoms with E-state index >= 15 is 0 Å². The van der Waals surface area contributed by atoms with Gasteiger partial charge in [0.1, 0.15) is 17.2 Å². The fourth-order valence-electron chi connectivity index (χ4n) is 2.02. The summed E-state index contributed by atoms with van der Waals surface area (Å²) in [6.45, 7) is 6.05. The molecule has 4 nitrogen and oxygen atoms in total. The Balaban J connectivity index is 2.82. The van der Waals surface area contributed by atoms with Crippen LogP contribution in [0.15, 0.2) is 4.79 Å². The molecule has 2 aromatic rings. The van der Waals surface area contributed by atoms with E-state index in [2.05, 4.69) is 4.98 Å². The molecular formula is C13H15N3OS. The Bertz CT molecular complexity index is 691. The van der Waals surface area contributed by atoms with E-state index in [1.54, 1.807) is 11.3 Å². The Labute approximate surface area is 110 Å². The average Bonchev–Trinajstić information content (AvgIpc) is 2.60. The lowest BCUT2D eigenvalue weighted by molar-refractivity contribution is 0.682. The third-order valence-corrected chi connectivity index (χ3v) is 4.17. The van der Waals surface area contributed by atoms with E-state index in [0.717, 1.165) is 33.9 Å². The number of nitriles is 1. The highest BCUT2D eigenvalue weighted by atomic mass is 32.1. The van der Waals surface area contributed by atoms with E-state index in [1.165, 1.54) is 4.57 Å². The number of nitrogens with zero attached hydrogens (tertiary/aromatic N) is 3. The maximum atomic E-state index is 12.4. The van der Waals surface area contributed by atoms with Crippen LogP contribution < -0.4 is 5.56 Å². The number of rotatable bonds is 3. The Kier molecular flexibility index (Phi) is 3.48. The Hall–Kier alpha value is -1.67. The average molecular weight is 261 g/mol. The summed E-state index contributed by atoms with van der Waals surface area (Å²) in [5.41, 5.74) is 0.911. The van der Waals surface area contributed by atoms with Crippen molar-refractivity contribution in [3.05, 3.63) is 26.6 Å². The molecule has 94 valence electrons. The van der Waals surface area contributed by atoms with Gasteiger partial charge in [-0.05, 0) is 25.8 Å². The van der Waals surface area contributed by atoms with Crippen LogP contribution in [0.4, 0.5) is 0 Å². The zero-order chi connectivity index (χ0) is 13.3. The van der Waals surface area contributed by atoms with Crippen LogP contribution in [0.25, 0.3) is 10.2 Å². The number of fused-ring (bicyclic) bond motifs is 1. The van der Waals surface area contributed by atoms with Gasteiger partial charge in [0, 0.05) is 11.3 Å². The molecule has 0 saturated heterocycles. The molecule has 2 aromatic heterocycles. The second-order valence-corrected chi connectivity index (χ2v) is 5.49. The zero-order valence-electron chi connectivity index (χ0n) is 10.8. The van der Waals surface area contributed by atoms with E-state index in [9.17, 15) is 4.79 Å². The summed E-state index contributed by atoms with van der Waals surface area (Å²) in [6.07, 6.45) is 1.63. The molecule has 0 aromatic carbocycles. The SMILES string of the molecule is CCCc1nc2sc(C)c(C)c2c(=O)n1CC#N. The molecule has 0 N–H and O–H groups in total. The van der Waals surface area contributed by atoms with E-state index in [-0.39, 0.29) is 12.1 Å². The summed E-state index contributed by atoms with van der Waals surface area (Å²) >= 11 is 1.55. The summed E-state index contributed by atoms with van der Waals surface area (Å²) < 4.78 is 1.50. The van der Waals surface area contributed by atoms with E-state index < -0.39 is 0 Å². The van der Waals surface area contributed by atoms with E-state index in [1.807, 2.05) is 26.8 Å². The minimum atomic E-state index is -0.0770. The van der Waals surface area contributed by atoms with Crippen molar-refractivity contribution in [3.8, 4) is 6.07 Å². The topological polar surface area (TPSA) is 58.7 Å². The Morgan fingerprint density at radius 1 is 1.44 bits per heavy atom. The predicted octanol–water partition coefficient (Wildman–Crippen LogP) is 2.55. The van der Waals surface area contributed by atoms with E-state index in [4.69, 9.17) is 5.26 Å². The largest absolute Gasteiger partial charge is 0.282 e. The molecule has 0 atom stereocenters. The predicted molar refractivity (Wildman–Crippen MR) is 73.0 cm³/mol. The molecule has 0 spiro atoms. The fraction of sp³-hybridized carbons (Fsp3) is 0.462. The van der Waals surface area contributed by atoms with Crippen LogP contribution in [0, 0.1) is 25.2 Å². The fourth-order valence-corrected chi connectivity index (χ4v) is 3.06. The van der Waals surface area contributed by atoms with Gasteiger partial charge in [0.15, 0.2) is 0 Å². The molecule has 18 heavy (non-hydrogen) atoms. The highest BCUT2D eigenvalue weighted by Gasteiger charge is 2.15. The molecule has 0 aliphatic rings. The van der Waals surface area contributed by atoms with Crippen LogP contribution in [-0.2, 0) is 13.0 Å². The number of thiophene rings is 1. The van der Waals surface area contributed by atoms with Crippen molar-refractivity contribution < 1.29 is 0 Å². The number of hydrogen-bond donors (Lipinski definition) is 0. The lowest BCUT2D eigenvalue weighted by Crippen LogP contribution is -2.25. The molecule has 2 rings (SSSR count). The monoisotopic (exact) mass is 261 g/mol. The normalized spacial score (nSPS) is 10.8. The molecule has 0 aliphatic carbocycles. The van der Waals surface area contributed by atoms with Gasteiger partial charge in [-0.25, -0.2) is 4.98 Å². The van der Waals surface area contributed by atoms with Crippen molar-refractivity contribution in [1.82, 2.24) is 9.55 Å². The van der Waals surface area contributed by atoms with Gasteiger partial charge in [0.2, 0.25) is 0 Å². The van der Waals surface area contributed by atoms with Gasteiger partial charge in [-0.1, -0.05) is 6.92 Å². The van der Waals surface area contributed by atoms with Crippen molar-refractivity contribution in [1.29, 1.82) is 5.26 Å². The maximum Gasteiger partial charge on any atom is 0.263 e. The highest BCUT2D eigenvalue weighted by Crippen LogP contribution is 2.26. The lowest BCUT2D eigenvalue weighted by atomic mass is 10.2. The summed E-state index contributed by atoms with van der Waals surface area (Å²) in [6, 6.07) is 2.04. The minimum absolute atomic E-state index is 0.0748. The summed E-state index contributed by atoms with van der Waals surface area (Å²) in [5.74, 6) is 0.720. The van der Waals surface area contributed by atoms with Crippen molar-refractivity contribution in [2.24, 2.45) is 0 Å². The summed E-state index contributed by atoms with van der Waals surface area (Å²) in [7, 11) is 0. The first-order valence-corrected chi connectivity index (χ1v) is 6.78. The molecule has 0 fully saturated rings. The molecule has 0 bridgehead atoms. The summed E-state index contributed by atoms with van der Waals surface area (Å²) in [4.78, 5) is 18.9. The van der Waals surface area contributed by atoms with Crippen LogP contribution in [0.5, 0.6) is 0 Å².